The summed E-state index contributed by atoms with van der Waals surface area (Å²) in [7, 11) is 1.70. The molecule has 0 radical (unpaired) electrons. The number of nitrogens with zero attached hydrogens (tertiary/aromatic N) is 2. The fourth-order valence-corrected chi connectivity index (χ4v) is 2.33. The molecule has 78 valence electrons. The molecule has 4 heteroatoms. The van der Waals surface area contributed by atoms with Crippen LogP contribution in [0.5, 0.6) is 5.75 Å². The summed E-state index contributed by atoms with van der Waals surface area (Å²) in [6.45, 7) is 0. The second-order valence-corrected chi connectivity index (χ2v) is 4.81. The minimum atomic E-state index is 0.692. The average molecular weight is 267 g/mol. The molecule has 0 aliphatic heterocycles. The predicted octanol–water partition coefficient (Wildman–Crippen LogP) is 2.98. The first kappa shape index (κ1) is 9.21. The number of fused-ring (bicyclic) bond motifs is 1. The van der Waals surface area contributed by atoms with Gasteiger partial charge in [0.15, 0.2) is 0 Å². The Hall–Kier alpha value is -1.03. The first-order chi connectivity index (χ1) is 7.29. The number of aromatic nitrogens is 2. The van der Waals surface area contributed by atoms with E-state index < -0.39 is 0 Å². The van der Waals surface area contributed by atoms with Gasteiger partial charge in [-0.1, -0.05) is 0 Å². The largest absolute Gasteiger partial charge is 0.494 e. The second-order valence-electron chi connectivity index (χ2n) is 3.89. The zero-order valence-corrected chi connectivity index (χ0v) is 9.99. The van der Waals surface area contributed by atoms with E-state index in [-0.39, 0.29) is 0 Å². The zero-order chi connectivity index (χ0) is 10.4. The van der Waals surface area contributed by atoms with E-state index in [1.54, 1.807) is 7.11 Å². The highest BCUT2D eigenvalue weighted by Gasteiger charge is 2.28. The standard InChI is InChI=1S/C11H11BrN2O/c1-15-10-4-8(12)6-14-11(10)9(5-13-14)7-2-3-7/h4-7H,2-3H2,1H3. The van der Waals surface area contributed by atoms with Gasteiger partial charge in [-0.05, 0) is 40.8 Å². The van der Waals surface area contributed by atoms with Crippen molar-refractivity contribution in [3.05, 3.63) is 28.5 Å². The van der Waals surface area contributed by atoms with Crippen molar-refractivity contribution in [3.8, 4) is 5.75 Å². The Balaban J connectivity index is 2.30. The maximum Gasteiger partial charge on any atom is 0.146 e. The van der Waals surface area contributed by atoms with Gasteiger partial charge in [0.25, 0.3) is 0 Å². The van der Waals surface area contributed by atoms with Crippen LogP contribution in [0.4, 0.5) is 0 Å². The van der Waals surface area contributed by atoms with E-state index in [1.165, 1.54) is 18.4 Å². The third-order valence-corrected chi connectivity index (χ3v) is 3.24. The topological polar surface area (TPSA) is 26.5 Å². The Morgan fingerprint density at radius 1 is 1.53 bits per heavy atom. The van der Waals surface area contributed by atoms with Gasteiger partial charge in [-0.2, -0.15) is 5.10 Å². The Morgan fingerprint density at radius 2 is 2.33 bits per heavy atom. The van der Waals surface area contributed by atoms with E-state index in [0.717, 1.165) is 15.7 Å². The van der Waals surface area contributed by atoms with Crippen LogP contribution in [0.3, 0.4) is 0 Å². The molecular weight excluding hydrogens is 256 g/mol. The predicted molar refractivity (Wildman–Crippen MR) is 61.4 cm³/mol. The van der Waals surface area contributed by atoms with Crippen molar-refractivity contribution < 1.29 is 4.74 Å². The van der Waals surface area contributed by atoms with Crippen LogP contribution in [0.2, 0.25) is 0 Å². The normalized spacial score (nSPS) is 15.9. The zero-order valence-electron chi connectivity index (χ0n) is 8.40. The van der Waals surface area contributed by atoms with E-state index in [9.17, 15) is 0 Å². The van der Waals surface area contributed by atoms with Crippen molar-refractivity contribution >= 4 is 21.4 Å². The maximum absolute atomic E-state index is 5.39. The van der Waals surface area contributed by atoms with E-state index in [4.69, 9.17) is 4.74 Å². The molecule has 2 heterocycles. The Labute approximate surface area is 96.2 Å². The smallest absolute Gasteiger partial charge is 0.146 e. The lowest BCUT2D eigenvalue weighted by atomic mass is 10.2. The summed E-state index contributed by atoms with van der Waals surface area (Å²) in [5, 5.41) is 4.36. The molecule has 1 fully saturated rings. The molecule has 0 amide bonds. The molecule has 0 spiro atoms. The van der Waals surface area contributed by atoms with Crippen molar-refractivity contribution in [1.29, 1.82) is 0 Å². The first-order valence-electron chi connectivity index (χ1n) is 5.00. The molecule has 1 aliphatic rings. The van der Waals surface area contributed by atoms with Crippen molar-refractivity contribution in [2.45, 2.75) is 18.8 Å². The van der Waals surface area contributed by atoms with Crippen LogP contribution in [0, 0.1) is 0 Å². The van der Waals surface area contributed by atoms with Crippen LogP contribution < -0.4 is 4.74 Å². The van der Waals surface area contributed by atoms with Gasteiger partial charge >= 0.3 is 0 Å². The summed E-state index contributed by atoms with van der Waals surface area (Å²) < 4.78 is 8.26. The quantitative estimate of drug-likeness (QED) is 0.836. The summed E-state index contributed by atoms with van der Waals surface area (Å²) in [5.74, 6) is 1.58. The van der Waals surface area contributed by atoms with Crippen LogP contribution in [0.25, 0.3) is 5.52 Å². The van der Waals surface area contributed by atoms with Crippen LogP contribution in [-0.2, 0) is 0 Å². The van der Waals surface area contributed by atoms with E-state index in [1.807, 2.05) is 23.0 Å². The van der Waals surface area contributed by atoms with Gasteiger partial charge in [0.05, 0.1) is 13.3 Å². The van der Waals surface area contributed by atoms with Crippen molar-refractivity contribution in [3.63, 3.8) is 0 Å². The fourth-order valence-electron chi connectivity index (χ4n) is 1.92. The second kappa shape index (κ2) is 3.23. The molecule has 0 atom stereocenters. The molecule has 2 aromatic rings. The highest BCUT2D eigenvalue weighted by atomic mass is 79.9. The lowest BCUT2D eigenvalue weighted by Gasteiger charge is -2.05. The highest BCUT2D eigenvalue weighted by Crippen LogP contribution is 2.44. The Kier molecular flexibility index (Phi) is 1.99. The molecule has 1 saturated carbocycles. The molecule has 0 saturated heterocycles. The third-order valence-electron chi connectivity index (χ3n) is 2.81. The third kappa shape index (κ3) is 1.44. The van der Waals surface area contributed by atoms with E-state index in [2.05, 4.69) is 21.0 Å². The fraction of sp³-hybridized carbons (Fsp3) is 0.364. The molecule has 0 unspecified atom stereocenters. The summed E-state index contributed by atoms with van der Waals surface area (Å²) in [5.41, 5.74) is 2.43. The number of hydrogen-bond acceptors (Lipinski definition) is 2. The number of ether oxygens (including phenoxy) is 1. The minimum absolute atomic E-state index is 0.692. The molecular formula is C11H11BrN2O. The van der Waals surface area contributed by atoms with Crippen LogP contribution in [0.1, 0.15) is 24.3 Å². The Bertz CT molecular complexity index is 517. The van der Waals surface area contributed by atoms with Gasteiger partial charge in [-0.25, -0.2) is 4.52 Å². The number of rotatable bonds is 2. The first-order valence-corrected chi connectivity index (χ1v) is 5.79. The molecule has 0 N–H and O–H groups in total. The molecule has 2 aromatic heterocycles. The summed E-state index contributed by atoms with van der Waals surface area (Å²) in [6.07, 6.45) is 6.48. The van der Waals surface area contributed by atoms with Crippen molar-refractivity contribution in [1.82, 2.24) is 9.61 Å². The van der Waals surface area contributed by atoms with Gasteiger partial charge in [-0.3, -0.25) is 0 Å². The molecule has 0 bridgehead atoms. The van der Waals surface area contributed by atoms with Crippen molar-refractivity contribution in [2.24, 2.45) is 0 Å². The summed E-state index contributed by atoms with van der Waals surface area (Å²) >= 11 is 3.45. The average Bonchev–Trinajstić information content (AvgIpc) is 2.98. The number of hydrogen-bond donors (Lipinski definition) is 0. The van der Waals surface area contributed by atoms with Gasteiger partial charge in [0, 0.05) is 16.2 Å². The molecule has 15 heavy (non-hydrogen) atoms. The Morgan fingerprint density at radius 3 is 3.00 bits per heavy atom. The number of methoxy groups -OCH3 is 1. The van der Waals surface area contributed by atoms with Gasteiger partial charge in [0.1, 0.15) is 11.3 Å². The monoisotopic (exact) mass is 266 g/mol. The van der Waals surface area contributed by atoms with Crippen LogP contribution >= 0.6 is 15.9 Å². The molecule has 3 rings (SSSR count). The van der Waals surface area contributed by atoms with E-state index >= 15 is 0 Å². The lowest BCUT2D eigenvalue weighted by molar-refractivity contribution is 0.417. The maximum atomic E-state index is 5.39. The molecule has 0 aromatic carbocycles. The minimum Gasteiger partial charge on any atom is -0.494 e. The molecule has 1 aliphatic carbocycles. The van der Waals surface area contributed by atoms with Crippen LogP contribution in [0.15, 0.2) is 22.9 Å². The number of pyridine rings is 1. The van der Waals surface area contributed by atoms with Gasteiger partial charge in [-0.15, -0.1) is 0 Å². The SMILES string of the molecule is COc1cc(Br)cn2ncc(C3CC3)c12. The lowest BCUT2D eigenvalue weighted by Crippen LogP contribution is -1.92. The molecule has 3 nitrogen and oxygen atoms in total. The highest BCUT2D eigenvalue weighted by molar-refractivity contribution is 9.10. The van der Waals surface area contributed by atoms with E-state index in [0.29, 0.717) is 5.92 Å². The summed E-state index contributed by atoms with van der Waals surface area (Å²) in [4.78, 5) is 0. The van der Waals surface area contributed by atoms with Crippen molar-refractivity contribution in [2.75, 3.05) is 7.11 Å². The van der Waals surface area contributed by atoms with Crippen LogP contribution in [-0.4, -0.2) is 16.7 Å². The van der Waals surface area contributed by atoms with Gasteiger partial charge < -0.3 is 4.74 Å². The number of halogens is 1. The summed E-state index contributed by atoms with van der Waals surface area (Å²) in [6, 6.07) is 1.99. The van der Waals surface area contributed by atoms with Gasteiger partial charge in [0.2, 0.25) is 0 Å².